The van der Waals surface area contributed by atoms with E-state index in [9.17, 15) is 10.5 Å². The van der Waals surface area contributed by atoms with E-state index in [0.717, 1.165) is 94.9 Å². The van der Waals surface area contributed by atoms with Gasteiger partial charge in [-0.2, -0.15) is 0 Å². The molecule has 2 atom stereocenters. The highest BCUT2D eigenvalue weighted by Crippen LogP contribution is 2.59. The van der Waals surface area contributed by atoms with Crippen LogP contribution in [0.4, 0.5) is 10.0 Å². The highest BCUT2D eigenvalue weighted by atomic mass is 32.1. The Balaban J connectivity index is 1.24. The number of aliphatic imine (C=N–C) groups is 2. The lowest BCUT2D eigenvalue weighted by Crippen LogP contribution is -2.37. The first-order chi connectivity index (χ1) is 22.5. The van der Waals surface area contributed by atoms with Crippen LogP contribution in [0.1, 0.15) is 85.1 Å². The SMILES string of the molecule is [C-]#[N+]C(C#N)=Nc1cc2c(s1)C1=CC3C=C4OC5(CCCCC5)c5cc(N=C(C#N)[N+]#[C-])sc5C4=CC3C=C1OC21CCCCC1. The second-order valence-electron chi connectivity index (χ2n) is 12.7. The van der Waals surface area contributed by atoms with E-state index in [1.165, 1.54) is 35.5 Å². The van der Waals surface area contributed by atoms with Crippen LogP contribution in [0, 0.1) is 47.6 Å². The Kier molecular flexibility index (Phi) is 6.84. The summed E-state index contributed by atoms with van der Waals surface area (Å²) >= 11 is 3.07. The number of nitriles is 2. The fourth-order valence-corrected chi connectivity index (χ4v) is 10.3. The van der Waals surface area contributed by atoms with Crippen LogP contribution in [0.25, 0.3) is 20.8 Å². The fraction of sp³-hybridized carbons (Fsp3) is 0.389. The zero-order valence-corrected chi connectivity index (χ0v) is 26.6. The van der Waals surface area contributed by atoms with Crippen molar-refractivity contribution in [3.05, 3.63) is 91.7 Å². The van der Waals surface area contributed by atoms with Crippen LogP contribution in [0.5, 0.6) is 0 Å². The smallest absolute Gasteiger partial charge is 0.350 e. The van der Waals surface area contributed by atoms with Gasteiger partial charge in [0.25, 0.3) is 0 Å². The van der Waals surface area contributed by atoms with Gasteiger partial charge in [-0.05, 0) is 63.5 Å². The van der Waals surface area contributed by atoms with E-state index in [0.29, 0.717) is 10.0 Å². The number of ether oxygens (including phenoxy) is 2. The van der Waals surface area contributed by atoms with Gasteiger partial charge in [-0.1, -0.05) is 70.8 Å². The molecular weight excluding hydrogens is 613 g/mol. The molecule has 6 aliphatic rings. The molecule has 0 amide bonds. The van der Waals surface area contributed by atoms with Gasteiger partial charge in [0.05, 0.1) is 0 Å². The maximum Gasteiger partial charge on any atom is 0.350 e. The van der Waals surface area contributed by atoms with Gasteiger partial charge in [-0.15, -0.1) is 0 Å². The van der Waals surface area contributed by atoms with Crippen LogP contribution >= 0.6 is 22.7 Å². The molecule has 226 valence electrons. The van der Waals surface area contributed by atoms with Crippen molar-refractivity contribution >= 4 is 55.5 Å². The molecule has 10 heteroatoms. The van der Waals surface area contributed by atoms with Gasteiger partial charge >= 0.3 is 11.7 Å². The summed E-state index contributed by atoms with van der Waals surface area (Å²) in [6.07, 6.45) is 19.5. The Bertz CT molecular complexity index is 1850. The van der Waals surface area contributed by atoms with Gasteiger partial charge in [0, 0.05) is 56.0 Å². The summed E-state index contributed by atoms with van der Waals surface area (Å²) in [7, 11) is 0. The Morgan fingerprint density at radius 2 is 1.11 bits per heavy atom. The van der Waals surface area contributed by atoms with Crippen molar-refractivity contribution in [3.63, 3.8) is 0 Å². The molecule has 4 heterocycles. The lowest BCUT2D eigenvalue weighted by Gasteiger charge is -2.46. The van der Waals surface area contributed by atoms with Crippen LogP contribution < -0.4 is 0 Å². The second kappa shape index (κ2) is 11.0. The lowest BCUT2D eigenvalue weighted by atomic mass is 9.72. The molecule has 46 heavy (non-hydrogen) atoms. The van der Waals surface area contributed by atoms with Crippen molar-refractivity contribution in [2.24, 2.45) is 21.8 Å². The largest absolute Gasteiger partial charge is 0.482 e. The number of allylic oxidation sites excluding steroid dienone is 6. The molecule has 2 spiro atoms. The minimum absolute atomic E-state index is 0.0632. The van der Waals surface area contributed by atoms with Crippen LogP contribution in [0.3, 0.4) is 0 Å². The summed E-state index contributed by atoms with van der Waals surface area (Å²) in [6.45, 7) is 14.7. The Hall–Kier alpha value is -4.74. The molecule has 2 unspecified atom stereocenters. The Morgan fingerprint density at radius 3 is 1.48 bits per heavy atom. The van der Waals surface area contributed by atoms with Crippen molar-refractivity contribution in [1.29, 1.82) is 10.5 Å². The first-order valence-corrected chi connectivity index (χ1v) is 17.4. The second-order valence-corrected chi connectivity index (χ2v) is 14.7. The first-order valence-electron chi connectivity index (χ1n) is 15.8. The number of hydrogen-bond acceptors (Lipinski definition) is 8. The van der Waals surface area contributed by atoms with Crippen LogP contribution in [0.2, 0.25) is 0 Å². The van der Waals surface area contributed by atoms with Crippen molar-refractivity contribution < 1.29 is 9.47 Å². The average molecular weight is 641 g/mol. The predicted octanol–water partition coefficient (Wildman–Crippen LogP) is 9.63. The molecule has 2 saturated carbocycles. The summed E-state index contributed by atoms with van der Waals surface area (Å²) in [5, 5.41) is 20.1. The van der Waals surface area contributed by atoms with Gasteiger partial charge in [0.15, 0.2) is 0 Å². The molecule has 0 radical (unpaired) electrons. The summed E-state index contributed by atoms with van der Waals surface area (Å²) in [6, 6.07) is 7.88. The maximum atomic E-state index is 9.37. The number of hydrogen-bond donors (Lipinski definition) is 0. The van der Waals surface area contributed by atoms with Gasteiger partial charge < -0.3 is 19.2 Å². The maximum absolute atomic E-state index is 9.37. The van der Waals surface area contributed by atoms with Gasteiger partial charge in [0.1, 0.15) is 34.9 Å². The zero-order chi connectivity index (χ0) is 31.5. The highest BCUT2D eigenvalue weighted by Gasteiger charge is 2.49. The van der Waals surface area contributed by atoms with Crippen molar-refractivity contribution in [2.75, 3.05) is 0 Å². The lowest BCUT2D eigenvalue weighted by molar-refractivity contribution is -0.0338. The molecule has 0 bridgehead atoms. The van der Waals surface area contributed by atoms with Gasteiger partial charge in [-0.25, -0.2) is 10.5 Å². The predicted molar refractivity (Wildman–Crippen MR) is 178 cm³/mol. The normalized spacial score (nSPS) is 25.0. The van der Waals surface area contributed by atoms with E-state index < -0.39 is 11.2 Å². The molecule has 0 saturated heterocycles. The number of fused-ring (bicyclic) bond motifs is 9. The standard InChI is InChI=1S/C36H28N6O2S2/c1-39-29(19-37)41-31-17-25-33(45-31)23-13-21-16-28-24(14-22(21)15-27(23)43-35(25)9-5-3-6-10-35)34-26(36(44-28)11-7-4-8-12-36)18-32(46-34)42-30(20-38)40-2/h13-18,21-22H,3-12H2. The summed E-state index contributed by atoms with van der Waals surface area (Å²) in [5.74, 6) is 1.58. The van der Waals surface area contributed by atoms with Gasteiger partial charge in [-0.3, -0.25) is 0 Å². The molecule has 2 aliphatic heterocycles. The molecule has 8 nitrogen and oxygen atoms in total. The van der Waals surface area contributed by atoms with Gasteiger partial charge in [0.2, 0.25) is 10.0 Å². The molecule has 2 aromatic rings. The molecule has 0 aromatic carbocycles. The molecule has 2 aromatic heterocycles. The molecular formula is C36H28N6O2S2. The Morgan fingerprint density at radius 1 is 0.696 bits per heavy atom. The van der Waals surface area contributed by atoms with E-state index >= 15 is 0 Å². The molecule has 0 N–H and O–H groups in total. The summed E-state index contributed by atoms with van der Waals surface area (Å²) < 4.78 is 14.0. The quantitative estimate of drug-likeness (QED) is 0.185. The summed E-state index contributed by atoms with van der Waals surface area (Å²) in [5.41, 5.74) is 3.49. The summed E-state index contributed by atoms with van der Waals surface area (Å²) in [4.78, 5) is 17.6. The molecule has 8 rings (SSSR count). The fourth-order valence-electron chi connectivity index (χ4n) is 7.99. The topological polar surface area (TPSA) is 99.5 Å². The van der Waals surface area contributed by atoms with Crippen molar-refractivity contribution in [2.45, 2.75) is 75.4 Å². The van der Waals surface area contributed by atoms with E-state index in [1.807, 2.05) is 24.3 Å². The van der Waals surface area contributed by atoms with Crippen LogP contribution in [-0.2, 0) is 20.7 Å². The van der Waals surface area contributed by atoms with E-state index in [-0.39, 0.29) is 23.5 Å². The molecule has 2 fully saturated rings. The third-order valence-electron chi connectivity index (χ3n) is 10.1. The van der Waals surface area contributed by atoms with Crippen molar-refractivity contribution in [1.82, 2.24) is 0 Å². The zero-order valence-electron chi connectivity index (χ0n) is 25.0. The van der Waals surface area contributed by atoms with Crippen LogP contribution in [-0.4, -0.2) is 11.7 Å². The minimum Gasteiger partial charge on any atom is -0.482 e. The minimum atomic E-state index is -0.432. The van der Waals surface area contributed by atoms with Crippen molar-refractivity contribution in [3.8, 4) is 12.1 Å². The monoisotopic (exact) mass is 640 g/mol. The first kappa shape index (κ1) is 28.7. The van der Waals surface area contributed by atoms with Crippen LogP contribution in [0.15, 0.2) is 57.9 Å². The van der Waals surface area contributed by atoms with E-state index in [1.54, 1.807) is 0 Å². The number of thiophene rings is 2. The highest BCUT2D eigenvalue weighted by molar-refractivity contribution is 7.17. The number of amidine groups is 2. The third-order valence-corrected chi connectivity index (χ3v) is 12.2. The Labute approximate surface area is 275 Å². The number of nitrogens with zero attached hydrogens (tertiary/aromatic N) is 6. The molecule has 4 aliphatic carbocycles. The number of rotatable bonds is 2. The van der Waals surface area contributed by atoms with E-state index in [4.69, 9.17) is 22.6 Å². The van der Waals surface area contributed by atoms with E-state index in [2.05, 4.69) is 44.0 Å². The average Bonchev–Trinajstić information content (AvgIpc) is 3.72. The third kappa shape index (κ3) is 4.48.